The van der Waals surface area contributed by atoms with Crippen LogP contribution in [0.2, 0.25) is 0 Å². The Morgan fingerprint density at radius 3 is 2.17 bits per heavy atom. The highest BCUT2D eigenvalue weighted by Gasteiger charge is 2.26. The van der Waals surface area contributed by atoms with Crippen LogP contribution in [0.4, 0.5) is 0 Å². The van der Waals surface area contributed by atoms with Crippen molar-refractivity contribution in [1.29, 1.82) is 0 Å². The van der Waals surface area contributed by atoms with Crippen molar-refractivity contribution < 1.29 is 9.59 Å². The highest BCUT2D eigenvalue weighted by atomic mass is 79.9. The Balaban J connectivity index is 1.98. The van der Waals surface area contributed by atoms with Gasteiger partial charge in [-0.3, -0.25) is 9.59 Å². The number of rotatable bonds is 5. The molecule has 0 spiro atoms. The summed E-state index contributed by atoms with van der Waals surface area (Å²) in [5.41, 5.74) is 0.561. The van der Waals surface area contributed by atoms with Crippen LogP contribution in [0, 0.1) is 5.92 Å². The van der Waals surface area contributed by atoms with Crippen LogP contribution in [0.25, 0.3) is 0 Å². The molecule has 4 nitrogen and oxygen atoms in total. The molecule has 132 valence electrons. The maximum absolute atomic E-state index is 12.7. The van der Waals surface area contributed by atoms with Gasteiger partial charge < -0.3 is 10.6 Å². The summed E-state index contributed by atoms with van der Waals surface area (Å²) in [4.78, 5) is 25.1. The highest BCUT2D eigenvalue weighted by Crippen LogP contribution is 2.18. The van der Waals surface area contributed by atoms with E-state index in [4.69, 9.17) is 0 Å². The SMILES string of the molecule is CC(C)[C@H](NC(=O)c1ccc(Br)cc1)C(=O)NC1CCCCCC1. The van der Waals surface area contributed by atoms with Crippen LogP contribution in [-0.2, 0) is 4.79 Å². The zero-order chi connectivity index (χ0) is 17.5. The first kappa shape index (κ1) is 19.0. The monoisotopic (exact) mass is 394 g/mol. The number of amides is 2. The van der Waals surface area contributed by atoms with Crippen molar-refractivity contribution in [2.75, 3.05) is 0 Å². The Labute approximate surface area is 152 Å². The van der Waals surface area contributed by atoms with Gasteiger partial charge in [0.1, 0.15) is 6.04 Å². The lowest BCUT2D eigenvalue weighted by Crippen LogP contribution is -2.52. The summed E-state index contributed by atoms with van der Waals surface area (Å²) in [6, 6.07) is 6.88. The summed E-state index contributed by atoms with van der Waals surface area (Å²) >= 11 is 3.36. The van der Waals surface area contributed by atoms with E-state index in [-0.39, 0.29) is 23.8 Å². The van der Waals surface area contributed by atoms with Gasteiger partial charge in [0.15, 0.2) is 0 Å². The van der Waals surface area contributed by atoms with Crippen molar-refractivity contribution >= 4 is 27.7 Å². The average Bonchev–Trinajstić information content (AvgIpc) is 2.81. The van der Waals surface area contributed by atoms with Crippen LogP contribution >= 0.6 is 15.9 Å². The molecule has 1 aromatic carbocycles. The topological polar surface area (TPSA) is 58.2 Å². The predicted molar refractivity (Wildman–Crippen MR) is 99.9 cm³/mol. The molecule has 0 aromatic heterocycles. The van der Waals surface area contributed by atoms with E-state index in [0.29, 0.717) is 5.56 Å². The molecule has 1 aromatic rings. The molecule has 0 heterocycles. The molecule has 1 saturated carbocycles. The lowest BCUT2D eigenvalue weighted by molar-refractivity contribution is -0.124. The van der Waals surface area contributed by atoms with Gasteiger partial charge in [0.2, 0.25) is 5.91 Å². The fourth-order valence-corrected chi connectivity index (χ4v) is 3.34. The minimum Gasteiger partial charge on any atom is -0.352 e. The van der Waals surface area contributed by atoms with Crippen molar-refractivity contribution in [3.8, 4) is 0 Å². The van der Waals surface area contributed by atoms with Crippen LogP contribution in [0.15, 0.2) is 28.7 Å². The third-order valence-electron chi connectivity index (χ3n) is 4.54. The number of hydrogen-bond donors (Lipinski definition) is 2. The second-order valence-electron chi connectivity index (χ2n) is 6.90. The Kier molecular flexibility index (Phi) is 7.28. The van der Waals surface area contributed by atoms with E-state index in [9.17, 15) is 9.59 Å². The molecule has 2 rings (SSSR count). The number of nitrogens with one attached hydrogen (secondary N) is 2. The Hall–Kier alpha value is -1.36. The molecule has 1 atom stereocenters. The van der Waals surface area contributed by atoms with Crippen molar-refractivity contribution in [3.63, 3.8) is 0 Å². The van der Waals surface area contributed by atoms with Gasteiger partial charge in [-0.25, -0.2) is 0 Å². The van der Waals surface area contributed by atoms with E-state index in [1.165, 1.54) is 25.7 Å². The fourth-order valence-electron chi connectivity index (χ4n) is 3.08. The second-order valence-corrected chi connectivity index (χ2v) is 7.81. The molecule has 0 aliphatic heterocycles. The summed E-state index contributed by atoms with van der Waals surface area (Å²) < 4.78 is 0.922. The van der Waals surface area contributed by atoms with Gasteiger partial charge >= 0.3 is 0 Å². The van der Waals surface area contributed by atoms with E-state index in [1.807, 2.05) is 26.0 Å². The Morgan fingerprint density at radius 1 is 1.04 bits per heavy atom. The number of benzene rings is 1. The highest BCUT2D eigenvalue weighted by molar-refractivity contribution is 9.10. The molecule has 1 fully saturated rings. The van der Waals surface area contributed by atoms with E-state index in [0.717, 1.165) is 17.3 Å². The minimum absolute atomic E-state index is 0.0372. The zero-order valence-electron chi connectivity index (χ0n) is 14.5. The summed E-state index contributed by atoms with van der Waals surface area (Å²) in [5, 5.41) is 6.04. The summed E-state index contributed by atoms with van der Waals surface area (Å²) in [6.45, 7) is 3.92. The third kappa shape index (κ3) is 5.62. The fraction of sp³-hybridized carbons (Fsp3) is 0.579. The van der Waals surface area contributed by atoms with Crippen molar-refractivity contribution in [2.24, 2.45) is 5.92 Å². The van der Waals surface area contributed by atoms with Crippen molar-refractivity contribution in [2.45, 2.75) is 64.5 Å². The summed E-state index contributed by atoms with van der Waals surface area (Å²) in [5.74, 6) is -0.241. The molecule has 0 unspecified atom stereocenters. The largest absolute Gasteiger partial charge is 0.352 e. The molecular weight excluding hydrogens is 368 g/mol. The minimum atomic E-state index is -0.510. The predicted octanol–water partition coefficient (Wildman–Crippen LogP) is 4.04. The van der Waals surface area contributed by atoms with Crippen LogP contribution < -0.4 is 10.6 Å². The Bertz CT molecular complexity index is 549. The number of hydrogen-bond acceptors (Lipinski definition) is 2. The van der Waals surface area contributed by atoms with Crippen molar-refractivity contribution in [1.82, 2.24) is 10.6 Å². The number of carbonyl (C=O) groups is 2. The quantitative estimate of drug-likeness (QED) is 0.740. The molecule has 2 N–H and O–H groups in total. The summed E-state index contributed by atoms with van der Waals surface area (Å²) in [6.07, 6.45) is 6.92. The second kappa shape index (κ2) is 9.21. The molecule has 5 heteroatoms. The van der Waals surface area contributed by atoms with Gasteiger partial charge in [0.25, 0.3) is 5.91 Å². The zero-order valence-corrected chi connectivity index (χ0v) is 16.1. The first-order chi connectivity index (χ1) is 11.5. The van der Waals surface area contributed by atoms with Crippen LogP contribution in [0.5, 0.6) is 0 Å². The third-order valence-corrected chi connectivity index (χ3v) is 5.07. The molecule has 2 amide bonds. The average molecular weight is 395 g/mol. The first-order valence-electron chi connectivity index (χ1n) is 8.84. The smallest absolute Gasteiger partial charge is 0.251 e. The number of halogens is 1. The molecule has 1 aliphatic rings. The standard InChI is InChI=1S/C19H27BrN2O2/c1-13(2)17(19(24)21-16-7-5-3-4-6-8-16)22-18(23)14-9-11-15(20)12-10-14/h9-13,16-17H,3-8H2,1-2H3,(H,21,24)(H,22,23)/t17-/m0/s1. The maximum Gasteiger partial charge on any atom is 0.251 e. The van der Waals surface area contributed by atoms with E-state index >= 15 is 0 Å². The lowest BCUT2D eigenvalue weighted by atomic mass is 10.0. The van der Waals surface area contributed by atoms with Gasteiger partial charge in [-0.1, -0.05) is 55.5 Å². The van der Waals surface area contributed by atoms with Crippen LogP contribution in [-0.4, -0.2) is 23.9 Å². The van der Waals surface area contributed by atoms with Crippen molar-refractivity contribution in [3.05, 3.63) is 34.3 Å². The number of carbonyl (C=O) groups excluding carboxylic acids is 2. The van der Waals surface area contributed by atoms with Gasteiger partial charge in [0, 0.05) is 16.1 Å². The van der Waals surface area contributed by atoms with Crippen LogP contribution in [0.1, 0.15) is 62.7 Å². The molecule has 0 bridgehead atoms. The first-order valence-corrected chi connectivity index (χ1v) is 9.63. The molecule has 24 heavy (non-hydrogen) atoms. The van der Waals surface area contributed by atoms with Gasteiger partial charge in [-0.2, -0.15) is 0 Å². The Morgan fingerprint density at radius 2 is 1.62 bits per heavy atom. The lowest BCUT2D eigenvalue weighted by Gasteiger charge is -2.25. The van der Waals surface area contributed by atoms with E-state index in [1.54, 1.807) is 12.1 Å². The molecular formula is C19H27BrN2O2. The molecule has 0 radical (unpaired) electrons. The van der Waals surface area contributed by atoms with Gasteiger partial charge in [0.05, 0.1) is 0 Å². The summed E-state index contributed by atoms with van der Waals surface area (Å²) in [7, 11) is 0. The molecule has 1 aliphatic carbocycles. The normalized spacial score (nSPS) is 17.2. The van der Waals surface area contributed by atoms with E-state index < -0.39 is 6.04 Å². The maximum atomic E-state index is 12.7. The van der Waals surface area contributed by atoms with Gasteiger partial charge in [-0.05, 0) is 43.0 Å². The van der Waals surface area contributed by atoms with E-state index in [2.05, 4.69) is 26.6 Å². The van der Waals surface area contributed by atoms with Gasteiger partial charge in [-0.15, -0.1) is 0 Å². The van der Waals surface area contributed by atoms with Crippen LogP contribution in [0.3, 0.4) is 0 Å². The molecule has 0 saturated heterocycles.